The fraction of sp³-hybridized carbons (Fsp3) is 0.632. The Balaban J connectivity index is 1.43. The Morgan fingerprint density at radius 1 is 1.21 bits per heavy atom. The monoisotopic (exact) mass is 328 g/mol. The Morgan fingerprint density at radius 2 is 1.83 bits per heavy atom. The van der Waals surface area contributed by atoms with Crippen LogP contribution in [0.1, 0.15) is 54.6 Å². The zero-order chi connectivity index (χ0) is 16.7. The summed E-state index contributed by atoms with van der Waals surface area (Å²) in [5, 5.41) is 3.09. The van der Waals surface area contributed by atoms with E-state index >= 15 is 0 Å². The number of amides is 1. The number of carbonyl (C=O) groups excluding carboxylic acids is 2. The summed E-state index contributed by atoms with van der Waals surface area (Å²) in [6.45, 7) is 0.366. The zero-order valence-electron chi connectivity index (χ0n) is 14.1. The largest absolute Gasteiger partial charge is 0.465 e. The summed E-state index contributed by atoms with van der Waals surface area (Å²) in [7, 11) is 1.36. The van der Waals surface area contributed by atoms with Gasteiger partial charge in [0, 0.05) is 11.6 Å². The second-order valence-electron chi connectivity index (χ2n) is 7.91. The maximum absolute atomic E-state index is 12.9. The lowest BCUT2D eigenvalue weighted by atomic mass is 9.49. The summed E-state index contributed by atoms with van der Waals surface area (Å²) < 4.78 is 4.73. The Labute approximate surface area is 142 Å². The van der Waals surface area contributed by atoms with Crippen LogP contribution in [0.3, 0.4) is 0 Å². The smallest absolute Gasteiger partial charge is 0.337 e. The third kappa shape index (κ3) is 2.70. The third-order valence-corrected chi connectivity index (χ3v) is 6.19. The number of carbonyl (C=O) groups is 2. The van der Waals surface area contributed by atoms with Gasteiger partial charge in [0.05, 0.1) is 24.9 Å². The fourth-order valence-electron chi connectivity index (χ4n) is 5.57. The quantitative estimate of drug-likeness (QED) is 0.863. The van der Waals surface area contributed by atoms with Crippen LogP contribution in [0.15, 0.2) is 18.3 Å². The van der Waals surface area contributed by atoms with E-state index in [0.29, 0.717) is 17.8 Å². The molecule has 1 N–H and O–H groups in total. The first-order valence-corrected chi connectivity index (χ1v) is 8.89. The molecule has 0 unspecified atom stereocenters. The molecule has 5 heteroatoms. The molecular weight excluding hydrogens is 304 g/mol. The average molecular weight is 328 g/mol. The lowest BCUT2D eigenvalue weighted by molar-refractivity contribution is -0.146. The van der Waals surface area contributed by atoms with E-state index in [4.69, 9.17) is 4.74 Å². The van der Waals surface area contributed by atoms with E-state index in [0.717, 1.165) is 37.0 Å². The highest BCUT2D eigenvalue weighted by Gasteiger charge is 2.54. The molecule has 24 heavy (non-hydrogen) atoms. The number of nitrogens with zero attached hydrogens (tertiary/aromatic N) is 1. The summed E-state index contributed by atoms with van der Waals surface area (Å²) >= 11 is 0. The number of hydrogen-bond acceptors (Lipinski definition) is 4. The Morgan fingerprint density at radius 3 is 2.42 bits per heavy atom. The van der Waals surface area contributed by atoms with E-state index in [2.05, 4.69) is 10.3 Å². The second kappa shape index (κ2) is 5.87. The molecule has 5 nitrogen and oxygen atoms in total. The van der Waals surface area contributed by atoms with Crippen molar-refractivity contribution in [2.75, 3.05) is 7.11 Å². The van der Waals surface area contributed by atoms with Crippen LogP contribution in [0, 0.1) is 23.2 Å². The third-order valence-electron chi connectivity index (χ3n) is 6.19. The standard InChI is InChI=1S/C19H24N2O3/c1-24-17(22)15-2-3-20-16(7-15)11-21-18(23)19-8-12-4-13(9-19)6-14(5-12)10-19/h2-3,7,12-14H,4-6,8-11H2,1H3,(H,21,23). The van der Waals surface area contributed by atoms with Gasteiger partial charge < -0.3 is 10.1 Å². The molecule has 1 aromatic rings. The van der Waals surface area contributed by atoms with Crippen LogP contribution in [-0.4, -0.2) is 24.0 Å². The molecule has 1 heterocycles. The van der Waals surface area contributed by atoms with Gasteiger partial charge in [0.2, 0.25) is 5.91 Å². The van der Waals surface area contributed by atoms with E-state index in [9.17, 15) is 9.59 Å². The van der Waals surface area contributed by atoms with E-state index < -0.39 is 0 Å². The van der Waals surface area contributed by atoms with Crippen LogP contribution in [0.2, 0.25) is 0 Å². The molecule has 0 aliphatic heterocycles. The van der Waals surface area contributed by atoms with Crippen LogP contribution < -0.4 is 5.32 Å². The van der Waals surface area contributed by atoms with Crippen LogP contribution >= 0.6 is 0 Å². The molecule has 1 amide bonds. The van der Waals surface area contributed by atoms with Crippen molar-refractivity contribution in [2.45, 2.75) is 45.1 Å². The molecule has 0 aromatic carbocycles. The maximum atomic E-state index is 12.9. The molecule has 4 fully saturated rings. The summed E-state index contributed by atoms with van der Waals surface area (Å²) in [5.41, 5.74) is 1.01. The first-order valence-electron chi connectivity index (χ1n) is 8.89. The van der Waals surface area contributed by atoms with Crippen molar-refractivity contribution < 1.29 is 14.3 Å². The lowest BCUT2D eigenvalue weighted by Crippen LogP contribution is -2.53. The average Bonchev–Trinajstić information content (AvgIpc) is 2.58. The van der Waals surface area contributed by atoms with Gasteiger partial charge in [-0.2, -0.15) is 0 Å². The predicted molar refractivity (Wildman–Crippen MR) is 88.0 cm³/mol. The minimum atomic E-state index is -0.383. The Hall–Kier alpha value is -1.91. The van der Waals surface area contributed by atoms with Crippen LogP contribution in [0.4, 0.5) is 0 Å². The lowest BCUT2D eigenvalue weighted by Gasteiger charge is -2.55. The molecule has 128 valence electrons. The van der Waals surface area contributed by atoms with E-state index in [1.807, 2.05) is 0 Å². The van der Waals surface area contributed by atoms with Gasteiger partial charge >= 0.3 is 5.97 Å². The predicted octanol–water partition coefficient (Wildman–Crippen LogP) is 2.70. The molecule has 4 saturated carbocycles. The van der Waals surface area contributed by atoms with Crippen molar-refractivity contribution in [3.8, 4) is 0 Å². The highest BCUT2D eigenvalue weighted by atomic mass is 16.5. The van der Waals surface area contributed by atoms with Crippen LogP contribution in [-0.2, 0) is 16.1 Å². The molecule has 5 rings (SSSR count). The van der Waals surface area contributed by atoms with Gasteiger partial charge in [0.25, 0.3) is 0 Å². The summed E-state index contributed by atoms with van der Waals surface area (Å²) in [4.78, 5) is 28.8. The van der Waals surface area contributed by atoms with Gasteiger partial charge in [0.1, 0.15) is 0 Å². The number of rotatable bonds is 4. The van der Waals surface area contributed by atoms with Crippen molar-refractivity contribution in [3.63, 3.8) is 0 Å². The minimum absolute atomic E-state index is 0.144. The second-order valence-corrected chi connectivity index (χ2v) is 7.91. The highest BCUT2D eigenvalue weighted by molar-refractivity contribution is 5.89. The van der Waals surface area contributed by atoms with Gasteiger partial charge in [-0.15, -0.1) is 0 Å². The molecule has 4 aliphatic rings. The molecular formula is C19H24N2O3. The topological polar surface area (TPSA) is 68.3 Å². The van der Waals surface area contributed by atoms with Crippen molar-refractivity contribution in [3.05, 3.63) is 29.6 Å². The fourth-order valence-corrected chi connectivity index (χ4v) is 5.57. The van der Waals surface area contributed by atoms with Gasteiger partial charge in [-0.25, -0.2) is 4.79 Å². The Kier molecular flexibility index (Phi) is 3.82. The molecule has 1 aromatic heterocycles. The number of pyridine rings is 1. The summed E-state index contributed by atoms with van der Waals surface area (Å²) in [6, 6.07) is 3.31. The van der Waals surface area contributed by atoms with Crippen LogP contribution in [0.5, 0.6) is 0 Å². The molecule has 0 saturated heterocycles. The normalized spacial score (nSPS) is 33.3. The Bertz CT molecular complexity index is 635. The van der Waals surface area contributed by atoms with Crippen molar-refractivity contribution in [2.24, 2.45) is 23.2 Å². The van der Waals surface area contributed by atoms with Gasteiger partial charge in [-0.1, -0.05) is 0 Å². The highest BCUT2D eigenvalue weighted by Crippen LogP contribution is 2.60. The van der Waals surface area contributed by atoms with Crippen molar-refractivity contribution in [1.82, 2.24) is 10.3 Å². The van der Waals surface area contributed by atoms with Gasteiger partial charge in [-0.3, -0.25) is 9.78 Å². The van der Waals surface area contributed by atoms with E-state index in [1.54, 1.807) is 18.3 Å². The first kappa shape index (κ1) is 15.6. The minimum Gasteiger partial charge on any atom is -0.465 e. The van der Waals surface area contributed by atoms with Crippen LogP contribution in [0.25, 0.3) is 0 Å². The van der Waals surface area contributed by atoms with Crippen molar-refractivity contribution in [1.29, 1.82) is 0 Å². The summed E-state index contributed by atoms with van der Waals surface area (Å²) in [5.74, 6) is 2.06. The SMILES string of the molecule is COC(=O)c1ccnc(CNC(=O)C23CC4CC(CC(C4)C2)C3)c1. The molecule has 0 radical (unpaired) electrons. The number of esters is 1. The first-order chi connectivity index (χ1) is 11.6. The van der Waals surface area contributed by atoms with Gasteiger partial charge in [-0.05, 0) is 68.4 Å². The van der Waals surface area contributed by atoms with Gasteiger partial charge in [0.15, 0.2) is 0 Å². The van der Waals surface area contributed by atoms with E-state index in [1.165, 1.54) is 26.4 Å². The molecule has 0 atom stereocenters. The number of nitrogens with one attached hydrogen (secondary N) is 1. The maximum Gasteiger partial charge on any atom is 0.337 e. The number of hydrogen-bond donors (Lipinski definition) is 1. The number of ether oxygens (including phenoxy) is 1. The molecule has 4 bridgehead atoms. The number of methoxy groups -OCH3 is 1. The number of aromatic nitrogens is 1. The summed E-state index contributed by atoms with van der Waals surface area (Å²) in [6.07, 6.45) is 8.74. The van der Waals surface area contributed by atoms with E-state index in [-0.39, 0.29) is 17.3 Å². The van der Waals surface area contributed by atoms with Crippen molar-refractivity contribution >= 4 is 11.9 Å². The molecule has 0 spiro atoms. The zero-order valence-corrected chi connectivity index (χ0v) is 14.1. The molecule has 4 aliphatic carbocycles.